The molecule has 0 saturated heterocycles. The molecule has 0 unspecified atom stereocenters. The molecule has 0 heterocycles. The van der Waals surface area contributed by atoms with E-state index in [-0.39, 0.29) is 17.9 Å². The van der Waals surface area contributed by atoms with E-state index in [1.165, 1.54) is 0 Å². The Balaban J connectivity index is 2.21. The average Bonchev–Trinajstić information content (AvgIpc) is 2.40. The Morgan fingerprint density at radius 2 is 1.90 bits per heavy atom. The van der Waals surface area contributed by atoms with Gasteiger partial charge in [-0.1, -0.05) is 12.1 Å². The first kappa shape index (κ1) is 13.5. The molecule has 6 heteroatoms. The van der Waals surface area contributed by atoms with E-state index in [0.717, 1.165) is 23.8 Å². The summed E-state index contributed by atoms with van der Waals surface area (Å²) in [6.07, 6.45) is 0.283. The van der Waals surface area contributed by atoms with Crippen molar-refractivity contribution in [3.63, 3.8) is 0 Å². The van der Waals surface area contributed by atoms with Crippen molar-refractivity contribution < 1.29 is 14.1 Å². The Bertz CT molecular complexity index is 678. The Labute approximate surface area is 114 Å². The minimum absolute atomic E-state index is 0.0460. The summed E-state index contributed by atoms with van der Waals surface area (Å²) in [6.45, 7) is 0. The summed E-state index contributed by atoms with van der Waals surface area (Å²) in [5.41, 5.74) is 0.450. The smallest absolute Gasteiger partial charge is 0.276 e. The molecule has 0 fully saturated rings. The van der Waals surface area contributed by atoms with E-state index in [4.69, 9.17) is 10.00 Å². The zero-order chi connectivity index (χ0) is 14.5. The number of nitro benzene ring substituents is 1. The topological polar surface area (TPSA) is 76.2 Å². The SMILES string of the molecule is N#CCc1ccc(Oc2cc(F)cc([N+](=O)[O-])c2)cc1. The fourth-order valence-corrected chi connectivity index (χ4v) is 1.61. The Morgan fingerprint density at radius 1 is 1.20 bits per heavy atom. The van der Waals surface area contributed by atoms with Crippen molar-refractivity contribution in [3.05, 3.63) is 64.0 Å². The number of non-ortho nitro benzene ring substituents is 1. The van der Waals surface area contributed by atoms with Crippen molar-refractivity contribution in [3.8, 4) is 17.6 Å². The highest BCUT2D eigenvalue weighted by molar-refractivity contribution is 5.41. The lowest BCUT2D eigenvalue weighted by molar-refractivity contribution is -0.385. The quantitative estimate of drug-likeness (QED) is 0.629. The third-order valence-electron chi connectivity index (χ3n) is 2.51. The molecule has 20 heavy (non-hydrogen) atoms. The van der Waals surface area contributed by atoms with E-state index >= 15 is 0 Å². The lowest BCUT2D eigenvalue weighted by atomic mass is 10.2. The number of hydrogen-bond donors (Lipinski definition) is 0. The second-order valence-electron chi connectivity index (χ2n) is 3.98. The summed E-state index contributed by atoms with van der Waals surface area (Å²) in [6, 6.07) is 11.7. The molecule has 100 valence electrons. The number of benzene rings is 2. The lowest BCUT2D eigenvalue weighted by Gasteiger charge is -2.06. The van der Waals surface area contributed by atoms with Crippen LogP contribution < -0.4 is 4.74 Å². The van der Waals surface area contributed by atoms with Crippen molar-refractivity contribution in [2.24, 2.45) is 0 Å². The summed E-state index contributed by atoms with van der Waals surface area (Å²) >= 11 is 0. The highest BCUT2D eigenvalue weighted by Gasteiger charge is 2.11. The molecule has 0 bridgehead atoms. The fourth-order valence-electron chi connectivity index (χ4n) is 1.61. The van der Waals surface area contributed by atoms with Crippen LogP contribution in [0.25, 0.3) is 0 Å². The van der Waals surface area contributed by atoms with Gasteiger partial charge in [-0.2, -0.15) is 5.26 Å². The van der Waals surface area contributed by atoms with Crippen molar-refractivity contribution in [1.82, 2.24) is 0 Å². The monoisotopic (exact) mass is 272 g/mol. The van der Waals surface area contributed by atoms with Crippen LogP contribution in [0.2, 0.25) is 0 Å². The van der Waals surface area contributed by atoms with Crippen LogP contribution in [0.1, 0.15) is 5.56 Å². The van der Waals surface area contributed by atoms with Gasteiger partial charge < -0.3 is 4.74 Å². The second kappa shape index (κ2) is 5.80. The maximum Gasteiger partial charge on any atom is 0.276 e. The van der Waals surface area contributed by atoms with E-state index in [1.807, 2.05) is 6.07 Å². The van der Waals surface area contributed by atoms with Crippen LogP contribution in [0.15, 0.2) is 42.5 Å². The molecule has 0 radical (unpaired) electrons. The molecule has 0 aliphatic rings. The minimum Gasteiger partial charge on any atom is -0.457 e. The van der Waals surface area contributed by atoms with Gasteiger partial charge in [0.05, 0.1) is 29.5 Å². The molecule has 0 aliphatic heterocycles. The first-order valence-electron chi connectivity index (χ1n) is 5.67. The number of rotatable bonds is 4. The minimum atomic E-state index is -0.740. The largest absolute Gasteiger partial charge is 0.457 e. The predicted octanol–water partition coefficient (Wildman–Crippen LogP) is 3.59. The number of ether oxygens (including phenoxy) is 1. The molecule has 0 N–H and O–H groups in total. The summed E-state index contributed by atoms with van der Waals surface area (Å²) in [4.78, 5) is 9.94. The van der Waals surface area contributed by atoms with Crippen LogP contribution in [0.5, 0.6) is 11.5 Å². The second-order valence-corrected chi connectivity index (χ2v) is 3.98. The van der Waals surface area contributed by atoms with Crippen molar-refractivity contribution in [2.75, 3.05) is 0 Å². The number of nitro groups is 1. The molecular weight excluding hydrogens is 263 g/mol. The van der Waals surface area contributed by atoms with Gasteiger partial charge in [0.2, 0.25) is 0 Å². The Hall–Kier alpha value is -2.94. The summed E-state index contributed by atoms with van der Waals surface area (Å²) < 4.78 is 18.6. The van der Waals surface area contributed by atoms with E-state index in [9.17, 15) is 14.5 Å². The van der Waals surface area contributed by atoms with Crippen LogP contribution in [-0.4, -0.2) is 4.92 Å². The molecule has 0 amide bonds. The van der Waals surface area contributed by atoms with Crippen molar-refractivity contribution in [1.29, 1.82) is 5.26 Å². The molecule has 0 aliphatic carbocycles. The van der Waals surface area contributed by atoms with E-state index in [0.29, 0.717) is 5.75 Å². The first-order valence-corrected chi connectivity index (χ1v) is 5.67. The predicted molar refractivity (Wildman–Crippen MR) is 68.9 cm³/mol. The summed E-state index contributed by atoms with van der Waals surface area (Å²) in [7, 11) is 0. The van der Waals surface area contributed by atoms with Crippen LogP contribution in [0.4, 0.5) is 10.1 Å². The molecule has 2 aromatic carbocycles. The molecular formula is C14H9FN2O3. The van der Waals surface area contributed by atoms with Gasteiger partial charge in [0.25, 0.3) is 5.69 Å². The maximum absolute atomic E-state index is 13.2. The van der Waals surface area contributed by atoms with E-state index in [1.54, 1.807) is 24.3 Å². The fraction of sp³-hybridized carbons (Fsp3) is 0.0714. The van der Waals surface area contributed by atoms with Crippen molar-refractivity contribution in [2.45, 2.75) is 6.42 Å². The average molecular weight is 272 g/mol. The number of nitriles is 1. The molecule has 0 aromatic heterocycles. The highest BCUT2D eigenvalue weighted by Crippen LogP contribution is 2.27. The molecule has 0 spiro atoms. The van der Waals surface area contributed by atoms with Gasteiger partial charge in [-0.25, -0.2) is 4.39 Å². The molecule has 5 nitrogen and oxygen atoms in total. The van der Waals surface area contributed by atoms with Gasteiger partial charge in [-0.05, 0) is 17.7 Å². The zero-order valence-corrected chi connectivity index (χ0v) is 10.2. The van der Waals surface area contributed by atoms with E-state index in [2.05, 4.69) is 0 Å². The summed E-state index contributed by atoms with van der Waals surface area (Å²) in [5.74, 6) is -0.286. The van der Waals surface area contributed by atoms with Crippen molar-refractivity contribution >= 4 is 5.69 Å². The van der Waals surface area contributed by atoms with Gasteiger partial charge >= 0.3 is 0 Å². The number of halogens is 1. The lowest BCUT2D eigenvalue weighted by Crippen LogP contribution is -1.92. The Kier molecular flexibility index (Phi) is 3.91. The molecule has 0 atom stereocenters. The van der Waals surface area contributed by atoms with Gasteiger partial charge in [-0.15, -0.1) is 0 Å². The Morgan fingerprint density at radius 3 is 2.50 bits per heavy atom. The van der Waals surface area contributed by atoms with Crippen LogP contribution in [0.3, 0.4) is 0 Å². The summed E-state index contributed by atoms with van der Waals surface area (Å²) in [5, 5.41) is 19.2. The molecule has 2 rings (SSSR count). The number of hydrogen-bond acceptors (Lipinski definition) is 4. The third-order valence-corrected chi connectivity index (χ3v) is 2.51. The van der Waals surface area contributed by atoms with E-state index < -0.39 is 10.7 Å². The van der Waals surface area contributed by atoms with Gasteiger partial charge in [0.1, 0.15) is 17.3 Å². The molecule has 0 saturated carbocycles. The third kappa shape index (κ3) is 3.29. The van der Waals surface area contributed by atoms with Gasteiger partial charge in [-0.3, -0.25) is 10.1 Å². The zero-order valence-electron chi connectivity index (χ0n) is 10.2. The maximum atomic E-state index is 13.2. The van der Waals surface area contributed by atoms with Crippen LogP contribution >= 0.6 is 0 Å². The number of nitrogens with zero attached hydrogens (tertiary/aromatic N) is 2. The standard InChI is InChI=1S/C14H9FN2O3/c15-11-7-12(17(18)19)9-14(8-11)20-13-3-1-10(2-4-13)5-6-16/h1-4,7-9H,5H2. The van der Waals surface area contributed by atoms with Crippen LogP contribution in [0, 0.1) is 27.3 Å². The van der Waals surface area contributed by atoms with Gasteiger partial charge in [0.15, 0.2) is 0 Å². The van der Waals surface area contributed by atoms with Gasteiger partial charge in [0, 0.05) is 6.07 Å². The molecule has 2 aromatic rings. The normalized spacial score (nSPS) is 9.80. The van der Waals surface area contributed by atoms with Crippen LogP contribution in [-0.2, 0) is 6.42 Å². The highest BCUT2D eigenvalue weighted by atomic mass is 19.1. The first-order chi connectivity index (χ1) is 9.58.